The average Bonchev–Trinajstić information content (AvgIpc) is 3.42. The molecule has 0 bridgehead atoms. The van der Waals surface area contributed by atoms with Crippen molar-refractivity contribution >= 4 is 17.6 Å². The second kappa shape index (κ2) is 13.3. The topological polar surface area (TPSA) is 73.5 Å². The second-order valence-corrected chi connectivity index (χ2v) is 9.04. The van der Waals surface area contributed by atoms with Crippen LogP contribution in [0.1, 0.15) is 18.4 Å². The minimum atomic E-state index is -0.333. The SMILES string of the molecule is O=C(/C=C\[C@H](Cc1ccccc1)NC(=O)Nc1ccc(-c2ccccc2)cc1)NCCN1CCCC1. The van der Waals surface area contributed by atoms with Gasteiger partial charge in [0.25, 0.3) is 0 Å². The summed E-state index contributed by atoms with van der Waals surface area (Å²) < 4.78 is 0. The molecule has 0 aromatic heterocycles. The maximum atomic E-state index is 12.8. The molecule has 0 unspecified atom stereocenters. The molecule has 186 valence electrons. The van der Waals surface area contributed by atoms with E-state index >= 15 is 0 Å². The molecule has 1 fully saturated rings. The van der Waals surface area contributed by atoms with E-state index in [4.69, 9.17) is 0 Å². The smallest absolute Gasteiger partial charge is 0.319 e. The lowest BCUT2D eigenvalue weighted by Crippen LogP contribution is -2.38. The largest absolute Gasteiger partial charge is 0.351 e. The molecule has 0 spiro atoms. The van der Waals surface area contributed by atoms with Crippen molar-refractivity contribution in [1.29, 1.82) is 0 Å². The maximum Gasteiger partial charge on any atom is 0.319 e. The molecular formula is C30H34N4O2. The summed E-state index contributed by atoms with van der Waals surface area (Å²) in [5.41, 5.74) is 3.99. The van der Waals surface area contributed by atoms with Gasteiger partial charge in [-0.2, -0.15) is 0 Å². The number of hydrogen-bond acceptors (Lipinski definition) is 3. The number of urea groups is 1. The Morgan fingerprint density at radius 3 is 2.17 bits per heavy atom. The first kappa shape index (κ1) is 25.2. The van der Waals surface area contributed by atoms with E-state index in [2.05, 4.69) is 33.0 Å². The maximum absolute atomic E-state index is 12.8. The molecule has 1 aliphatic heterocycles. The van der Waals surface area contributed by atoms with Crippen LogP contribution in [0.4, 0.5) is 10.5 Å². The number of carbonyl (C=O) groups is 2. The summed E-state index contributed by atoms with van der Waals surface area (Å²) in [6.45, 7) is 3.72. The third-order valence-corrected chi connectivity index (χ3v) is 6.27. The van der Waals surface area contributed by atoms with Crippen molar-refractivity contribution in [2.45, 2.75) is 25.3 Å². The van der Waals surface area contributed by atoms with Crippen molar-refractivity contribution in [1.82, 2.24) is 15.5 Å². The van der Waals surface area contributed by atoms with Crippen LogP contribution in [0.25, 0.3) is 11.1 Å². The van der Waals surface area contributed by atoms with Crippen LogP contribution < -0.4 is 16.0 Å². The Morgan fingerprint density at radius 1 is 0.833 bits per heavy atom. The van der Waals surface area contributed by atoms with Gasteiger partial charge in [-0.1, -0.05) is 78.9 Å². The Labute approximate surface area is 213 Å². The van der Waals surface area contributed by atoms with Crippen LogP contribution in [-0.4, -0.2) is 49.1 Å². The van der Waals surface area contributed by atoms with Crippen LogP contribution in [0.15, 0.2) is 97.1 Å². The molecule has 3 aromatic rings. The molecule has 0 aliphatic carbocycles. The fourth-order valence-corrected chi connectivity index (χ4v) is 4.35. The number of benzene rings is 3. The zero-order valence-corrected chi connectivity index (χ0v) is 20.5. The first-order chi connectivity index (χ1) is 17.7. The van der Waals surface area contributed by atoms with Gasteiger partial charge in [0.2, 0.25) is 5.91 Å². The number of rotatable bonds is 10. The third kappa shape index (κ3) is 8.10. The molecule has 1 aliphatic rings. The van der Waals surface area contributed by atoms with Gasteiger partial charge in [0.05, 0.1) is 6.04 Å². The van der Waals surface area contributed by atoms with Gasteiger partial charge in [-0.3, -0.25) is 4.79 Å². The summed E-state index contributed by atoms with van der Waals surface area (Å²) in [5, 5.41) is 8.84. The lowest BCUT2D eigenvalue weighted by Gasteiger charge is -2.17. The molecule has 1 atom stereocenters. The number of hydrogen-bond donors (Lipinski definition) is 3. The quantitative estimate of drug-likeness (QED) is 0.362. The number of carbonyl (C=O) groups excluding carboxylic acids is 2. The van der Waals surface area contributed by atoms with E-state index in [0.717, 1.165) is 36.3 Å². The van der Waals surface area contributed by atoms with E-state index < -0.39 is 0 Å². The number of nitrogens with zero attached hydrogens (tertiary/aromatic N) is 1. The summed E-state index contributed by atoms with van der Waals surface area (Å²) in [6, 6.07) is 27.1. The minimum Gasteiger partial charge on any atom is -0.351 e. The molecular weight excluding hydrogens is 448 g/mol. The van der Waals surface area contributed by atoms with Crippen LogP contribution in [0, 0.1) is 0 Å². The van der Waals surface area contributed by atoms with Crippen LogP contribution in [-0.2, 0) is 11.2 Å². The fourth-order valence-electron chi connectivity index (χ4n) is 4.35. The molecule has 1 saturated heterocycles. The molecule has 0 saturated carbocycles. The van der Waals surface area contributed by atoms with Crippen molar-refractivity contribution < 1.29 is 9.59 Å². The highest BCUT2D eigenvalue weighted by molar-refractivity contribution is 5.90. The van der Waals surface area contributed by atoms with E-state index in [9.17, 15) is 9.59 Å². The van der Waals surface area contributed by atoms with Crippen molar-refractivity contribution in [3.8, 4) is 11.1 Å². The molecule has 36 heavy (non-hydrogen) atoms. The second-order valence-electron chi connectivity index (χ2n) is 9.04. The number of likely N-dealkylation sites (tertiary alicyclic amines) is 1. The molecule has 3 amide bonds. The monoisotopic (exact) mass is 482 g/mol. The lowest BCUT2D eigenvalue weighted by atomic mass is 10.1. The highest BCUT2D eigenvalue weighted by Gasteiger charge is 2.13. The Hall–Kier alpha value is -3.90. The average molecular weight is 483 g/mol. The molecule has 3 N–H and O–H groups in total. The molecule has 6 heteroatoms. The van der Waals surface area contributed by atoms with Crippen LogP contribution in [0.5, 0.6) is 0 Å². The zero-order chi connectivity index (χ0) is 25.0. The predicted octanol–water partition coefficient (Wildman–Crippen LogP) is 4.85. The molecule has 6 nitrogen and oxygen atoms in total. The Balaban J connectivity index is 1.32. The molecule has 0 radical (unpaired) electrons. The predicted molar refractivity (Wildman–Crippen MR) is 146 cm³/mol. The first-order valence-electron chi connectivity index (χ1n) is 12.6. The van der Waals surface area contributed by atoms with Gasteiger partial charge < -0.3 is 20.9 Å². The normalized spacial score (nSPS) is 14.4. The summed E-state index contributed by atoms with van der Waals surface area (Å²) in [5.74, 6) is -0.147. The van der Waals surface area contributed by atoms with Gasteiger partial charge in [-0.25, -0.2) is 4.79 Å². The van der Waals surface area contributed by atoms with Gasteiger partial charge in [0.15, 0.2) is 0 Å². The van der Waals surface area contributed by atoms with E-state index in [0.29, 0.717) is 18.7 Å². The lowest BCUT2D eigenvalue weighted by molar-refractivity contribution is -0.116. The van der Waals surface area contributed by atoms with Gasteiger partial charge in [-0.15, -0.1) is 0 Å². The van der Waals surface area contributed by atoms with Crippen LogP contribution >= 0.6 is 0 Å². The Morgan fingerprint density at radius 2 is 1.47 bits per heavy atom. The Bertz CT molecular complexity index is 1120. The zero-order valence-electron chi connectivity index (χ0n) is 20.5. The van der Waals surface area contributed by atoms with E-state index in [1.54, 1.807) is 6.08 Å². The highest BCUT2D eigenvalue weighted by atomic mass is 16.2. The first-order valence-corrected chi connectivity index (χ1v) is 12.6. The number of anilines is 1. The summed E-state index contributed by atoms with van der Waals surface area (Å²) in [6.07, 6.45) is 6.33. The van der Waals surface area contributed by atoms with Gasteiger partial charge in [-0.05, 0) is 61.2 Å². The third-order valence-electron chi connectivity index (χ3n) is 6.27. The van der Waals surface area contributed by atoms with Crippen molar-refractivity contribution in [3.05, 3.63) is 103 Å². The summed E-state index contributed by atoms with van der Waals surface area (Å²) in [7, 11) is 0. The highest BCUT2D eigenvalue weighted by Crippen LogP contribution is 2.21. The molecule has 4 rings (SSSR count). The van der Waals surface area contributed by atoms with Crippen molar-refractivity contribution in [2.24, 2.45) is 0 Å². The number of amides is 3. The van der Waals surface area contributed by atoms with Gasteiger partial charge in [0, 0.05) is 24.9 Å². The molecule has 3 aromatic carbocycles. The van der Waals surface area contributed by atoms with Gasteiger partial charge >= 0.3 is 6.03 Å². The number of nitrogens with one attached hydrogen (secondary N) is 3. The van der Waals surface area contributed by atoms with Crippen molar-refractivity contribution in [3.63, 3.8) is 0 Å². The fraction of sp³-hybridized carbons (Fsp3) is 0.267. The van der Waals surface area contributed by atoms with E-state index in [1.807, 2.05) is 72.8 Å². The minimum absolute atomic E-state index is 0.147. The van der Waals surface area contributed by atoms with E-state index in [-0.39, 0.29) is 18.0 Å². The van der Waals surface area contributed by atoms with Crippen molar-refractivity contribution in [2.75, 3.05) is 31.5 Å². The standard InChI is InChI=1S/C30H34N4O2/c35-29(31-19-22-34-20-7-8-21-34)18-17-28(23-24-9-3-1-4-10-24)33-30(36)32-27-15-13-26(14-16-27)25-11-5-2-6-12-25/h1-6,9-18,28H,7-8,19-23H2,(H,31,35)(H2,32,33,36)/b18-17-/t28-/m1/s1. The Kier molecular flexibility index (Phi) is 9.28. The summed E-state index contributed by atoms with van der Waals surface area (Å²) >= 11 is 0. The van der Waals surface area contributed by atoms with Gasteiger partial charge in [0.1, 0.15) is 0 Å². The van der Waals surface area contributed by atoms with Crippen LogP contribution in [0.2, 0.25) is 0 Å². The molecule has 1 heterocycles. The van der Waals surface area contributed by atoms with E-state index in [1.165, 1.54) is 18.9 Å². The van der Waals surface area contributed by atoms with Crippen LogP contribution in [0.3, 0.4) is 0 Å². The summed E-state index contributed by atoms with van der Waals surface area (Å²) in [4.78, 5) is 27.5.